The van der Waals surface area contributed by atoms with E-state index in [-0.39, 0.29) is 0 Å². The van der Waals surface area contributed by atoms with Gasteiger partial charge in [-0.2, -0.15) is 0 Å². The van der Waals surface area contributed by atoms with E-state index in [0.717, 1.165) is 12.1 Å². The van der Waals surface area contributed by atoms with Gasteiger partial charge in [-0.1, -0.05) is 12.1 Å². The summed E-state index contributed by atoms with van der Waals surface area (Å²) in [6.45, 7) is 2.73. The van der Waals surface area contributed by atoms with Gasteiger partial charge in [0.15, 0.2) is 5.82 Å². The van der Waals surface area contributed by atoms with Crippen LogP contribution in [0, 0.1) is 5.41 Å². The molecule has 1 aromatic heterocycles. The normalized spacial score (nSPS) is 15.3. The molecule has 0 spiro atoms. The van der Waals surface area contributed by atoms with Gasteiger partial charge in [-0.05, 0) is 31.9 Å². The number of hydrogen-bond acceptors (Lipinski definition) is 4. The van der Waals surface area contributed by atoms with E-state index in [0.29, 0.717) is 24.4 Å². The second kappa shape index (κ2) is 5.25. The molecule has 0 radical (unpaired) electrons. The highest BCUT2D eigenvalue weighted by Gasteiger charge is 2.57. The van der Waals surface area contributed by atoms with Gasteiger partial charge in [0.1, 0.15) is 11.7 Å². The van der Waals surface area contributed by atoms with Crippen molar-refractivity contribution < 1.29 is 14.7 Å². The minimum absolute atomic E-state index is 0.387. The van der Waals surface area contributed by atoms with Crippen LogP contribution in [-0.4, -0.2) is 31.7 Å². The van der Waals surface area contributed by atoms with Crippen molar-refractivity contribution >= 4 is 17.6 Å². The van der Waals surface area contributed by atoms with Crippen LogP contribution in [0.15, 0.2) is 30.6 Å². The van der Waals surface area contributed by atoms with Crippen molar-refractivity contribution in [2.45, 2.75) is 26.3 Å². The van der Waals surface area contributed by atoms with Crippen molar-refractivity contribution in [3.8, 4) is 11.4 Å². The van der Waals surface area contributed by atoms with Crippen LogP contribution in [0.4, 0.5) is 5.69 Å². The molecule has 22 heavy (non-hydrogen) atoms. The number of aromatic nitrogens is 3. The molecule has 0 aliphatic heterocycles. The summed E-state index contributed by atoms with van der Waals surface area (Å²) in [5.74, 6) is -0.820. The highest BCUT2D eigenvalue weighted by atomic mass is 16.4. The summed E-state index contributed by atoms with van der Waals surface area (Å²) in [6, 6.07) is 7.16. The summed E-state index contributed by atoms with van der Waals surface area (Å²) >= 11 is 0. The molecular formula is C15H16N4O3. The molecule has 7 nitrogen and oxygen atoms in total. The smallest absolute Gasteiger partial charge is 0.319 e. The Labute approximate surface area is 127 Å². The van der Waals surface area contributed by atoms with Crippen molar-refractivity contribution in [2.75, 3.05) is 5.32 Å². The van der Waals surface area contributed by atoms with Gasteiger partial charge >= 0.3 is 5.97 Å². The number of anilines is 1. The van der Waals surface area contributed by atoms with Crippen molar-refractivity contribution in [1.29, 1.82) is 0 Å². The SMILES string of the molecule is CCn1cnnc1-c1cccc(NC(=O)C2(C(=O)O)CC2)c1. The molecular weight excluding hydrogens is 284 g/mol. The maximum atomic E-state index is 12.1. The summed E-state index contributed by atoms with van der Waals surface area (Å²) in [4.78, 5) is 23.3. The van der Waals surface area contributed by atoms with E-state index in [1.54, 1.807) is 24.5 Å². The summed E-state index contributed by atoms with van der Waals surface area (Å²) in [6.07, 6.45) is 2.42. The Morgan fingerprint density at radius 1 is 1.41 bits per heavy atom. The molecule has 2 N–H and O–H groups in total. The average Bonchev–Trinajstić information content (AvgIpc) is 3.19. The predicted octanol–water partition coefficient (Wildman–Crippen LogP) is 1.77. The van der Waals surface area contributed by atoms with Crippen LogP contribution in [0.2, 0.25) is 0 Å². The standard InChI is InChI=1S/C15H16N4O3/c1-2-19-9-16-18-12(19)10-4-3-5-11(8-10)17-13(20)15(6-7-15)14(21)22/h3-5,8-9H,2,6-7H2,1H3,(H,17,20)(H,21,22). The van der Waals surface area contributed by atoms with Gasteiger partial charge in [0.2, 0.25) is 5.91 Å². The Morgan fingerprint density at radius 2 is 2.18 bits per heavy atom. The monoisotopic (exact) mass is 300 g/mol. The van der Waals surface area contributed by atoms with E-state index in [4.69, 9.17) is 5.11 Å². The van der Waals surface area contributed by atoms with Crippen molar-refractivity contribution in [3.63, 3.8) is 0 Å². The number of carbonyl (C=O) groups is 2. The lowest BCUT2D eigenvalue weighted by Crippen LogP contribution is -2.31. The van der Waals surface area contributed by atoms with Crippen LogP contribution < -0.4 is 5.32 Å². The fourth-order valence-electron chi connectivity index (χ4n) is 2.36. The van der Waals surface area contributed by atoms with Gasteiger partial charge in [0, 0.05) is 17.8 Å². The summed E-state index contributed by atoms with van der Waals surface area (Å²) in [5, 5.41) is 19.8. The van der Waals surface area contributed by atoms with E-state index in [1.807, 2.05) is 17.6 Å². The van der Waals surface area contributed by atoms with Gasteiger partial charge in [0.05, 0.1) is 0 Å². The second-order valence-corrected chi connectivity index (χ2v) is 5.36. The van der Waals surface area contributed by atoms with E-state index >= 15 is 0 Å². The number of nitrogens with zero attached hydrogens (tertiary/aromatic N) is 3. The molecule has 0 unspecified atom stereocenters. The Bertz CT molecular complexity index is 734. The second-order valence-electron chi connectivity index (χ2n) is 5.36. The van der Waals surface area contributed by atoms with Crippen molar-refractivity contribution in [1.82, 2.24) is 14.8 Å². The zero-order valence-electron chi connectivity index (χ0n) is 12.1. The van der Waals surface area contributed by atoms with Gasteiger partial charge < -0.3 is 15.0 Å². The first kappa shape index (κ1) is 14.2. The lowest BCUT2D eigenvalue weighted by molar-refractivity contribution is -0.147. The molecule has 1 amide bonds. The van der Waals surface area contributed by atoms with Gasteiger partial charge in [0.25, 0.3) is 0 Å². The number of amides is 1. The topological polar surface area (TPSA) is 97.1 Å². The molecule has 1 aromatic carbocycles. The summed E-state index contributed by atoms with van der Waals surface area (Å²) in [7, 11) is 0. The Balaban J connectivity index is 1.83. The number of hydrogen-bond donors (Lipinski definition) is 2. The fourth-order valence-corrected chi connectivity index (χ4v) is 2.36. The molecule has 1 fully saturated rings. The lowest BCUT2D eigenvalue weighted by Gasteiger charge is -2.11. The molecule has 0 atom stereocenters. The number of rotatable bonds is 5. The fraction of sp³-hybridized carbons (Fsp3) is 0.333. The third-order valence-corrected chi connectivity index (χ3v) is 3.93. The van der Waals surface area contributed by atoms with Crippen molar-refractivity contribution in [3.05, 3.63) is 30.6 Å². The largest absolute Gasteiger partial charge is 0.480 e. The van der Waals surface area contributed by atoms with E-state index in [1.165, 1.54) is 0 Å². The van der Waals surface area contributed by atoms with Crippen LogP contribution in [0.25, 0.3) is 11.4 Å². The Morgan fingerprint density at radius 3 is 2.82 bits per heavy atom. The van der Waals surface area contributed by atoms with Gasteiger partial charge in [-0.3, -0.25) is 9.59 Å². The number of carboxylic acid groups (broad SMARTS) is 1. The van der Waals surface area contributed by atoms with Crippen LogP contribution in [0.5, 0.6) is 0 Å². The molecule has 1 aliphatic rings. The van der Waals surface area contributed by atoms with E-state index < -0.39 is 17.3 Å². The molecule has 1 aliphatic carbocycles. The molecule has 0 saturated heterocycles. The first-order chi connectivity index (χ1) is 10.6. The molecule has 114 valence electrons. The van der Waals surface area contributed by atoms with Crippen LogP contribution in [0.1, 0.15) is 19.8 Å². The Kier molecular flexibility index (Phi) is 3.40. The molecule has 7 heteroatoms. The maximum Gasteiger partial charge on any atom is 0.319 e. The van der Waals surface area contributed by atoms with Crippen LogP contribution in [-0.2, 0) is 16.1 Å². The maximum absolute atomic E-state index is 12.1. The van der Waals surface area contributed by atoms with Crippen LogP contribution >= 0.6 is 0 Å². The summed E-state index contributed by atoms with van der Waals surface area (Å²) < 4.78 is 1.89. The number of carboxylic acids is 1. The first-order valence-electron chi connectivity index (χ1n) is 7.10. The van der Waals surface area contributed by atoms with E-state index in [9.17, 15) is 9.59 Å². The number of benzene rings is 1. The third-order valence-electron chi connectivity index (χ3n) is 3.93. The first-order valence-corrected chi connectivity index (χ1v) is 7.10. The average molecular weight is 300 g/mol. The zero-order chi connectivity index (χ0) is 15.7. The zero-order valence-corrected chi connectivity index (χ0v) is 12.1. The molecule has 1 saturated carbocycles. The highest BCUT2D eigenvalue weighted by molar-refractivity contribution is 6.10. The number of aliphatic carboxylic acids is 1. The lowest BCUT2D eigenvalue weighted by atomic mass is 10.1. The quantitative estimate of drug-likeness (QED) is 0.820. The number of nitrogens with one attached hydrogen (secondary N) is 1. The van der Waals surface area contributed by atoms with Gasteiger partial charge in [-0.15, -0.1) is 10.2 Å². The molecule has 3 rings (SSSR count). The molecule has 0 bridgehead atoms. The number of aryl methyl sites for hydroxylation is 1. The van der Waals surface area contributed by atoms with E-state index in [2.05, 4.69) is 15.5 Å². The number of carbonyl (C=O) groups excluding carboxylic acids is 1. The minimum atomic E-state index is -1.25. The molecule has 1 heterocycles. The minimum Gasteiger partial charge on any atom is -0.480 e. The van der Waals surface area contributed by atoms with Crippen LogP contribution in [0.3, 0.4) is 0 Å². The third kappa shape index (κ3) is 2.34. The molecule has 2 aromatic rings. The summed E-state index contributed by atoms with van der Waals surface area (Å²) in [5.41, 5.74) is 0.123. The predicted molar refractivity (Wildman–Crippen MR) is 79.1 cm³/mol. The Hall–Kier alpha value is -2.70. The van der Waals surface area contributed by atoms with Gasteiger partial charge in [-0.25, -0.2) is 0 Å². The van der Waals surface area contributed by atoms with Crippen molar-refractivity contribution in [2.24, 2.45) is 5.41 Å². The highest BCUT2D eigenvalue weighted by Crippen LogP contribution is 2.46.